The molecular formula is C56H109NO5. The van der Waals surface area contributed by atoms with Gasteiger partial charge in [0, 0.05) is 0 Å². The molecule has 0 fully saturated rings. The van der Waals surface area contributed by atoms with E-state index in [2.05, 4.69) is 43.5 Å². The molecule has 0 aromatic carbocycles. The third-order valence-electron chi connectivity index (χ3n) is 13.2. The minimum absolute atomic E-state index is 0.371. The molecule has 0 bridgehead atoms. The largest absolute Gasteiger partial charge is 0.394 e. The Morgan fingerprint density at radius 2 is 0.694 bits per heavy atom. The van der Waals surface area contributed by atoms with E-state index in [-0.39, 0.29) is 0 Å². The van der Waals surface area contributed by atoms with Crippen LogP contribution < -0.4 is 5.32 Å². The lowest BCUT2D eigenvalue weighted by atomic mass is 9.99. The molecule has 368 valence electrons. The van der Waals surface area contributed by atoms with Gasteiger partial charge in [0.05, 0.1) is 18.8 Å². The molecule has 0 saturated heterocycles. The zero-order valence-corrected chi connectivity index (χ0v) is 41.6. The Kier molecular flexibility index (Phi) is 49.8. The van der Waals surface area contributed by atoms with E-state index < -0.39 is 36.9 Å². The summed E-state index contributed by atoms with van der Waals surface area (Å²) in [7, 11) is 0. The van der Waals surface area contributed by atoms with Crippen LogP contribution >= 0.6 is 0 Å². The number of rotatable bonds is 51. The molecular weight excluding hydrogens is 767 g/mol. The predicted octanol–water partition coefficient (Wildman–Crippen LogP) is 15.9. The lowest BCUT2D eigenvalue weighted by Crippen LogP contribution is -2.53. The number of allylic oxidation sites excluding steroid dienone is 4. The highest BCUT2D eigenvalue weighted by atomic mass is 16.3. The van der Waals surface area contributed by atoms with Crippen LogP contribution in [0.3, 0.4) is 0 Å². The summed E-state index contributed by atoms with van der Waals surface area (Å²) in [5, 5.41) is 43.9. The van der Waals surface area contributed by atoms with Gasteiger partial charge in [-0.1, -0.05) is 276 Å². The first-order valence-corrected chi connectivity index (χ1v) is 27.7. The van der Waals surface area contributed by atoms with Gasteiger partial charge in [-0.2, -0.15) is 0 Å². The van der Waals surface area contributed by atoms with Crippen LogP contribution in [0, 0.1) is 0 Å². The summed E-state index contributed by atoms with van der Waals surface area (Å²) in [4.78, 5) is 12.6. The lowest BCUT2D eigenvalue weighted by Gasteiger charge is -2.27. The molecule has 5 N–H and O–H groups in total. The topological polar surface area (TPSA) is 110 Å². The smallest absolute Gasteiger partial charge is 0.249 e. The van der Waals surface area contributed by atoms with Crippen molar-refractivity contribution in [3.05, 3.63) is 24.3 Å². The van der Waals surface area contributed by atoms with Gasteiger partial charge >= 0.3 is 0 Å². The number of aliphatic hydroxyl groups is 4. The van der Waals surface area contributed by atoms with Crippen molar-refractivity contribution in [2.24, 2.45) is 0 Å². The molecule has 62 heavy (non-hydrogen) atoms. The van der Waals surface area contributed by atoms with E-state index in [1.807, 2.05) is 0 Å². The molecule has 0 heterocycles. The van der Waals surface area contributed by atoms with Gasteiger partial charge in [0.1, 0.15) is 12.2 Å². The second kappa shape index (κ2) is 50.8. The summed E-state index contributed by atoms with van der Waals surface area (Å²) in [6.07, 6.45) is 61.0. The molecule has 0 aromatic heterocycles. The third-order valence-corrected chi connectivity index (χ3v) is 13.2. The van der Waals surface area contributed by atoms with Gasteiger partial charge in [0.2, 0.25) is 5.91 Å². The fourth-order valence-corrected chi connectivity index (χ4v) is 8.79. The Labute approximate surface area is 386 Å². The number of carbonyl (C=O) groups excluding carboxylic acids is 1. The van der Waals surface area contributed by atoms with Crippen LogP contribution in [0.4, 0.5) is 0 Å². The van der Waals surface area contributed by atoms with Crippen LogP contribution in [-0.4, -0.2) is 57.3 Å². The summed E-state index contributed by atoms with van der Waals surface area (Å²) in [5.74, 6) is -0.580. The monoisotopic (exact) mass is 876 g/mol. The summed E-state index contributed by atoms with van der Waals surface area (Å²) < 4.78 is 0. The van der Waals surface area contributed by atoms with E-state index in [4.69, 9.17) is 0 Å². The average molecular weight is 876 g/mol. The maximum atomic E-state index is 12.6. The first-order valence-electron chi connectivity index (χ1n) is 27.7. The molecule has 4 atom stereocenters. The van der Waals surface area contributed by atoms with Gasteiger partial charge in [-0.15, -0.1) is 0 Å². The highest BCUT2D eigenvalue weighted by molar-refractivity contribution is 5.80. The van der Waals surface area contributed by atoms with Crippen LogP contribution in [0.25, 0.3) is 0 Å². The minimum atomic E-state index is -1.26. The second-order valence-electron chi connectivity index (χ2n) is 19.3. The molecule has 0 aliphatic rings. The van der Waals surface area contributed by atoms with Crippen LogP contribution in [-0.2, 0) is 4.79 Å². The van der Waals surface area contributed by atoms with Gasteiger partial charge < -0.3 is 25.7 Å². The molecule has 0 saturated carbocycles. The van der Waals surface area contributed by atoms with Crippen molar-refractivity contribution in [2.45, 2.75) is 321 Å². The summed E-state index contributed by atoms with van der Waals surface area (Å²) in [6, 6.07) is -0.984. The maximum Gasteiger partial charge on any atom is 0.249 e. The van der Waals surface area contributed by atoms with Crippen molar-refractivity contribution >= 4 is 5.91 Å². The number of unbranched alkanes of at least 4 members (excludes halogenated alkanes) is 38. The van der Waals surface area contributed by atoms with Crippen LogP contribution in [0.5, 0.6) is 0 Å². The maximum absolute atomic E-state index is 12.6. The second-order valence-corrected chi connectivity index (χ2v) is 19.3. The Balaban J connectivity index is 3.60. The SMILES string of the molecule is CCCCCCCCCCC/C=C\C/C=C\CCCCCCCCCCCCCCCCC(O)C(=O)NC(CO)C(O)C(O)CCCCCCCCCCCCCCCCCC. The van der Waals surface area contributed by atoms with Gasteiger partial charge in [-0.3, -0.25) is 4.79 Å². The van der Waals surface area contributed by atoms with Crippen LogP contribution in [0.1, 0.15) is 296 Å². The minimum Gasteiger partial charge on any atom is -0.394 e. The van der Waals surface area contributed by atoms with Gasteiger partial charge in [0.15, 0.2) is 0 Å². The fourth-order valence-electron chi connectivity index (χ4n) is 8.79. The van der Waals surface area contributed by atoms with E-state index in [1.165, 1.54) is 225 Å². The summed E-state index contributed by atoms with van der Waals surface area (Å²) in [6.45, 7) is 4.08. The normalized spacial score (nSPS) is 14.0. The third kappa shape index (κ3) is 44.0. The fraction of sp³-hybridized carbons (Fsp3) is 0.911. The van der Waals surface area contributed by atoms with Crippen LogP contribution in [0.2, 0.25) is 0 Å². The van der Waals surface area contributed by atoms with E-state index in [0.717, 1.165) is 44.9 Å². The number of nitrogens with one attached hydrogen (secondary N) is 1. The van der Waals surface area contributed by atoms with Gasteiger partial charge in [-0.25, -0.2) is 0 Å². The molecule has 1 amide bonds. The molecule has 0 aliphatic carbocycles. The van der Waals surface area contributed by atoms with Crippen molar-refractivity contribution < 1.29 is 25.2 Å². The first-order chi connectivity index (χ1) is 30.5. The molecule has 0 radical (unpaired) electrons. The number of aliphatic hydroxyl groups excluding tert-OH is 4. The van der Waals surface area contributed by atoms with Crippen molar-refractivity contribution in [1.82, 2.24) is 5.32 Å². The van der Waals surface area contributed by atoms with Gasteiger partial charge in [-0.05, 0) is 44.9 Å². The number of carbonyl (C=O) groups is 1. The van der Waals surface area contributed by atoms with Crippen LogP contribution in [0.15, 0.2) is 24.3 Å². The molecule has 0 aliphatic heterocycles. The zero-order chi connectivity index (χ0) is 45.2. The van der Waals surface area contributed by atoms with Crippen molar-refractivity contribution in [3.8, 4) is 0 Å². The molecule has 0 spiro atoms. The standard InChI is InChI=1S/C56H109NO5/c1-3-5-7-9-11-13-15-17-19-21-22-23-24-25-26-27-28-29-30-31-32-33-34-36-38-40-42-44-46-48-50-54(60)56(62)57-52(51-58)55(61)53(59)49-47-45-43-41-39-37-35-20-18-16-14-12-10-8-6-4-2/h22-23,25-26,52-55,58-61H,3-21,24,27-51H2,1-2H3,(H,57,62)/b23-22-,26-25-. The molecule has 6 nitrogen and oxygen atoms in total. The highest BCUT2D eigenvalue weighted by Gasteiger charge is 2.28. The first kappa shape index (κ1) is 60.8. The van der Waals surface area contributed by atoms with Gasteiger partial charge in [0.25, 0.3) is 0 Å². The molecule has 0 aromatic rings. The quantitative estimate of drug-likeness (QED) is 0.0309. The average Bonchev–Trinajstić information content (AvgIpc) is 3.28. The lowest BCUT2D eigenvalue weighted by molar-refractivity contribution is -0.132. The Hall–Kier alpha value is -1.21. The molecule has 6 heteroatoms. The van der Waals surface area contributed by atoms with E-state index in [0.29, 0.717) is 12.8 Å². The molecule has 4 unspecified atom stereocenters. The number of hydrogen-bond donors (Lipinski definition) is 5. The summed E-state index contributed by atoms with van der Waals surface area (Å²) in [5.41, 5.74) is 0. The number of amides is 1. The van der Waals surface area contributed by atoms with E-state index in [9.17, 15) is 25.2 Å². The zero-order valence-electron chi connectivity index (χ0n) is 41.6. The predicted molar refractivity (Wildman–Crippen MR) is 270 cm³/mol. The Bertz CT molecular complexity index is 939. The van der Waals surface area contributed by atoms with E-state index in [1.54, 1.807) is 0 Å². The van der Waals surface area contributed by atoms with E-state index >= 15 is 0 Å². The molecule has 0 rings (SSSR count). The Morgan fingerprint density at radius 1 is 0.403 bits per heavy atom. The van der Waals surface area contributed by atoms with Crippen molar-refractivity contribution in [3.63, 3.8) is 0 Å². The summed E-state index contributed by atoms with van der Waals surface area (Å²) >= 11 is 0. The van der Waals surface area contributed by atoms with Crippen molar-refractivity contribution in [1.29, 1.82) is 0 Å². The number of hydrogen-bond acceptors (Lipinski definition) is 5. The van der Waals surface area contributed by atoms with Crippen molar-refractivity contribution in [2.75, 3.05) is 6.61 Å². The highest BCUT2D eigenvalue weighted by Crippen LogP contribution is 2.18. The Morgan fingerprint density at radius 3 is 1.02 bits per heavy atom.